The SMILES string of the molecule is Cc1ccc(CN2CCC(CCNC(=O)c3cccc([N+](=O)[O-])c3)CC2)cc1. The van der Waals surface area contributed by atoms with E-state index in [2.05, 4.69) is 41.4 Å². The molecule has 3 rings (SSSR count). The van der Waals surface area contributed by atoms with Gasteiger partial charge >= 0.3 is 0 Å². The van der Waals surface area contributed by atoms with Crippen LogP contribution in [0.4, 0.5) is 5.69 Å². The van der Waals surface area contributed by atoms with Crippen LogP contribution in [0.5, 0.6) is 0 Å². The summed E-state index contributed by atoms with van der Waals surface area (Å²) in [4.78, 5) is 25.0. The smallest absolute Gasteiger partial charge is 0.270 e. The highest BCUT2D eigenvalue weighted by molar-refractivity contribution is 5.94. The molecule has 0 saturated carbocycles. The highest BCUT2D eigenvalue weighted by Gasteiger charge is 2.19. The molecule has 28 heavy (non-hydrogen) atoms. The number of hydrogen-bond donors (Lipinski definition) is 1. The zero-order valence-corrected chi connectivity index (χ0v) is 16.3. The summed E-state index contributed by atoms with van der Waals surface area (Å²) in [6, 6.07) is 14.6. The third-order valence-corrected chi connectivity index (χ3v) is 5.39. The van der Waals surface area contributed by atoms with Gasteiger partial charge in [-0.3, -0.25) is 19.8 Å². The molecule has 0 unspecified atom stereocenters. The fourth-order valence-electron chi connectivity index (χ4n) is 3.64. The number of nitrogens with zero attached hydrogens (tertiary/aromatic N) is 2. The number of likely N-dealkylation sites (tertiary alicyclic amines) is 1. The van der Waals surface area contributed by atoms with E-state index in [9.17, 15) is 14.9 Å². The lowest BCUT2D eigenvalue weighted by atomic mass is 9.93. The average molecular weight is 381 g/mol. The summed E-state index contributed by atoms with van der Waals surface area (Å²) in [6.07, 6.45) is 3.22. The number of nitro groups is 1. The Morgan fingerprint density at radius 2 is 1.89 bits per heavy atom. The van der Waals surface area contributed by atoms with E-state index in [4.69, 9.17) is 0 Å². The Balaban J connectivity index is 1.38. The fourth-order valence-corrected chi connectivity index (χ4v) is 3.64. The fraction of sp³-hybridized carbons (Fsp3) is 0.409. The second-order valence-corrected chi connectivity index (χ2v) is 7.56. The molecule has 0 aromatic heterocycles. The summed E-state index contributed by atoms with van der Waals surface area (Å²) in [5.41, 5.74) is 2.92. The van der Waals surface area contributed by atoms with Crippen LogP contribution in [0.3, 0.4) is 0 Å². The van der Waals surface area contributed by atoms with Crippen LogP contribution < -0.4 is 5.32 Å². The Bertz CT molecular complexity index is 812. The van der Waals surface area contributed by atoms with Crippen molar-refractivity contribution in [3.63, 3.8) is 0 Å². The number of aryl methyl sites for hydroxylation is 1. The number of benzene rings is 2. The second-order valence-electron chi connectivity index (χ2n) is 7.56. The van der Waals surface area contributed by atoms with Gasteiger partial charge < -0.3 is 5.32 Å². The summed E-state index contributed by atoms with van der Waals surface area (Å²) in [6.45, 7) is 5.86. The lowest BCUT2D eigenvalue weighted by Crippen LogP contribution is -2.34. The molecule has 0 radical (unpaired) electrons. The number of hydrogen-bond acceptors (Lipinski definition) is 4. The van der Waals surface area contributed by atoms with Crippen molar-refractivity contribution < 1.29 is 9.72 Å². The van der Waals surface area contributed by atoms with Gasteiger partial charge in [0.1, 0.15) is 0 Å². The molecule has 0 atom stereocenters. The minimum Gasteiger partial charge on any atom is -0.352 e. The molecule has 2 aromatic carbocycles. The quantitative estimate of drug-likeness (QED) is 0.582. The number of carbonyl (C=O) groups excluding carboxylic acids is 1. The number of amides is 1. The molecule has 0 aliphatic carbocycles. The predicted octanol–water partition coefficient (Wildman–Crippen LogP) is 3.94. The van der Waals surface area contributed by atoms with E-state index in [0.29, 0.717) is 18.0 Å². The van der Waals surface area contributed by atoms with E-state index in [0.717, 1.165) is 38.9 Å². The molecule has 2 aromatic rings. The first-order chi connectivity index (χ1) is 13.5. The van der Waals surface area contributed by atoms with Crippen molar-refractivity contribution in [3.05, 3.63) is 75.3 Å². The number of nitro benzene ring substituents is 1. The normalized spacial score (nSPS) is 15.3. The summed E-state index contributed by atoms with van der Waals surface area (Å²) in [7, 11) is 0. The molecule has 6 heteroatoms. The van der Waals surface area contributed by atoms with E-state index in [-0.39, 0.29) is 11.6 Å². The van der Waals surface area contributed by atoms with Crippen molar-refractivity contribution >= 4 is 11.6 Å². The van der Waals surface area contributed by atoms with E-state index < -0.39 is 4.92 Å². The van der Waals surface area contributed by atoms with Crippen molar-refractivity contribution in [1.82, 2.24) is 10.2 Å². The van der Waals surface area contributed by atoms with E-state index in [1.54, 1.807) is 6.07 Å². The van der Waals surface area contributed by atoms with Crippen LogP contribution in [-0.2, 0) is 6.54 Å². The molecule has 0 bridgehead atoms. The van der Waals surface area contributed by atoms with Crippen LogP contribution in [0.1, 0.15) is 40.7 Å². The first-order valence-electron chi connectivity index (χ1n) is 9.82. The zero-order chi connectivity index (χ0) is 19.9. The maximum Gasteiger partial charge on any atom is 0.270 e. The maximum absolute atomic E-state index is 12.2. The first kappa shape index (κ1) is 20.0. The van der Waals surface area contributed by atoms with E-state index >= 15 is 0 Å². The number of carbonyl (C=O) groups is 1. The van der Waals surface area contributed by atoms with Crippen molar-refractivity contribution in [2.75, 3.05) is 19.6 Å². The van der Waals surface area contributed by atoms with Gasteiger partial charge in [0.2, 0.25) is 0 Å². The Morgan fingerprint density at radius 1 is 1.18 bits per heavy atom. The monoisotopic (exact) mass is 381 g/mol. The van der Waals surface area contributed by atoms with Crippen molar-refractivity contribution in [1.29, 1.82) is 0 Å². The molecular formula is C22H27N3O3. The van der Waals surface area contributed by atoms with Gasteiger partial charge in [-0.2, -0.15) is 0 Å². The summed E-state index contributed by atoms with van der Waals surface area (Å²) in [5, 5.41) is 13.7. The Morgan fingerprint density at radius 3 is 2.57 bits per heavy atom. The molecule has 1 saturated heterocycles. The number of nitrogens with one attached hydrogen (secondary N) is 1. The lowest BCUT2D eigenvalue weighted by molar-refractivity contribution is -0.384. The largest absolute Gasteiger partial charge is 0.352 e. The predicted molar refractivity (Wildman–Crippen MR) is 109 cm³/mol. The molecular weight excluding hydrogens is 354 g/mol. The number of non-ortho nitro benzene ring substituents is 1. The Labute approximate surface area is 165 Å². The molecule has 6 nitrogen and oxygen atoms in total. The Hall–Kier alpha value is -2.73. The van der Waals surface area contributed by atoms with Crippen LogP contribution in [0.2, 0.25) is 0 Å². The molecule has 1 amide bonds. The highest BCUT2D eigenvalue weighted by Crippen LogP contribution is 2.21. The van der Waals surface area contributed by atoms with Crippen LogP contribution in [0.25, 0.3) is 0 Å². The molecule has 1 heterocycles. The average Bonchev–Trinajstić information content (AvgIpc) is 2.71. The third kappa shape index (κ3) is 5.63. The number of piperidine rings is 1. The van der Waals surface area contributed by atoms with Gasteiger partial charge in [-0.05, 0) is 56.8 Å². The Kier molecular flexibility index (Phi) is 6.76. The van der Waals surface area contributed by atoms with Crippen molar-refractivity contribution in [2.45, 2.75) is 32.7 Å². The van der Waals surface area contributed by atoms with Gasteiger partial charge in [0.15, 0.2) is 0 Å². The zero-order valence-electron chi connectivity index (χ0n) is 16.3. The first-order valence-corrected chi connectivity index (χ1v) is 9.82. The highest BCUT2D eigenvalue weighted by atomic mass is 16.6. The molecule has 148 valence electrons. The van der Waals surface area contributed by atoms with Gasteiger partial charge in [0, 0.05) is 30.8 Å². The van der Waals surface area contributed by atoms with Crippen molar-refractivity contribution in [3.8, 4) is 0 Å². The summed E-state index contributed by atoms with van der Waals surface area (Å²) >= 11 is 0. The molecule has 0 spiro atoms. The molecule has 1 N–H and O–H groups in total. The van der Waals surface area contributed by atoms with Gasteiger partial charge in [-0.25, -0.2) is 0 Å². The maximum atomic E-state index is 12.2. The number of rotatable bonds is 7. The van der Waals surface area contributed by atoms with E-state index in [1.165, 1.54) is 29.3 Å². The van der Waals surface area contributed by atoms with Crippen molar-refractivity contribution in [2.24, 2.45) is 5.92 Å². The third-order valence-electron chi connectivity index (χ3n) is 5.39. The standard InChI is InChI=1S/C22H27N3O3/c1-17-5-7-19(8-6-17)16-24-13-10-18(11-14-24)9-12-23-22(26)20-3-2-4-21(15-20)25(27)28/h2-8,15,18H,9-14,16H2,1H3,(H,23,26). The lowest BCUT2D eigenvalue weighted by Gasteiger charge is -2.32. The van der Waals surface area contributed by atoms with Gasteiger partial charge in [0.05, 0.1) is 4.92 Å². The van der Waals surface area contributed by atoms with Crippen LogP contribution in [-0.4, -0.2) is 35.4 Å². The second kappa shape index (κ2) is 9.46. The van der Waals surface area contributed by atoms with Gasteiger partial charge in [-0.1, -0.05) is 35.9 Å². The van der Waals surface area contributed by atoms with Crippen LogP contribution >= 0.6 is 0 Å². The molecule has 1 aliphatic rings. The van der Waals surface area contributed by atoms with Gasteiger partial charge in [-0.15, -0.1) is 0 Å². The molecule has 1 fully saturated rings. The molecule has 1 aliphatic heterocycles. The van der Waals surface area contributed by atoms with E-state index in [1.807, 2.05) is 0 Å². The topological polar surface area (TPSA) is 75.5 Å². The minimum atomic E-state index is -0.485. The van der Waals surface area contributed by atoms with Crippen LogP contribution in [0, 0.1) is 23.0 Å². The van der Waals surface area contributed by atoms with Crippen LogP contribution in [0.15, 0.2) is 48.5 Å². The minimum absolute atomic E-state index is 0.0615. The van der Waals surface area contributed by atoms with Gasteiger partial charge in [0.25, 0.3) is 11.6 Å². The summed E-state index contributed by atoms with van der Waals surface area (Å²) < 4.78 is 0. The summed E-state index contributed by atoms with van der Waals surface area (Å²) in [5.74, 6) is 0.361.